The van der Waals surface area contributed by atoms with Crippen molar-refractivity contribution in [1.29, 1.82) is 0 Å². The van der Waals surface area contributed by atoms with E-state index in [0.717, 1.165) is 17.8 Å². The molecule has 0 spiro atoms. The van der Waals surface area contributed by atoms with E-state index >= 15 is 0 Å². The van der Waals surface area contributed by atoms with Crippen LogP contribution in [0.1, 0.15) is 42.1 Å². The summed E-state index contributed by atoms with van der Waals surface area (Å²) in [4.78, 5) is 26.7. The molecule has 2 heterocycles. The number of carbonyl (C=O) groups is 2. The fourth-order valence-electron chi connectivity index (χ4n) is 3.07. The van der Waals surface area contributed by atoms with E-state index in [1.807, 2.05) is 51.0 Å². The topological polar surface area (TPSA) is 91.3 Å². The maximum Gasteiger partial charge on any atom is 0.256 e. The first-order valence-corrected chi connectivity index (χ1v) is 9.07. The molecule has 1 aromatic carbocycles. The summed E-state index contributed by atoms with van der Waals surface area (Å²) in [6.45, 7) is 3.88. The van der Waals surface area contributed by atoms with Crippen LogP contribution in [0, 0.1) is 6.92 Å². The Bertz CT molecular complexity index is 844. The zero-order valence-corrected chi connectivity index (χ0v) is 16.1. The Kier molecular flexibility index (Phi) is 5.46. The van der Waals surface area contributed by atoms with E-state index in [-0.39, 0.29) is 17.9 Å². The largest absolute Gasteiger partial charge is 0.378 e. The van der Waals surface area contributed by atoms with Crippen molar-refractivity contribution in [2.75, 3.05) is 24.3 Å². The summed E-state index contributed by atoms with van der Waals surface area (Å²) in [7, 11) is 3.86. The third-order valence-electron chi connectivity index (χ3n) is 4.58. The summed E-state index contributed by atoms with van der Waals surface area (Å²) in [6.07, 6.45) is 0.781. The Labute approximate surface area is 158 Å². The zero-order chi connectivity index (χ0) is 19.6. The van der Waals surface area contributed by atoms with Crippen molar-refractivity contribution in [3.05, 3.63) is 41.6 Å². The first-order chi connectivity index (χ1) is 12.9. The first kappa shape index (κ1) is 18.9. The van der Waals surface area contributed by atoms with Gasteiger partial charge < -0.3 is 15.5 Å². The van der Waals surface area contributed by atoms with Crippen LogP contribution in [0.3, 0.4) is 0 Å². The summed E-state index contributed by atoms with van der Waals surface area (Å²) in [6, 6.07) is 9.25. The van der Waals surface area contributed by atoms with Gasteiger partial charge in [-0.1, -0.05) is 13.0 Å². The molecule has 1 saturated heterocycles. The number of carbonyl (C=O) groups excluding carboxylic acids is 2. The molecule has 8 nitrogen and oxygen atoms in total. The third-order valence-corrected chi connectivity index (χ3v) is 4.58. The van der Waals surface area contributed by atoms with Gasteiger partial charge in [-0.25, -0.2) is 4.68 Å². The van der Waals surface area contributed by atoms with Gasteiger partial charge in [-0.05, 0) is 31.5 Å². The van der Waals surface area contributed by atoms with Crippen molar-refractivity contribution >= 4 is 23.3 Å². The quantitative estimate of drug-likeness (QED) is 0.747. The van der Waals surface area contributed by atoms with Crippen LogP contribution in [0.5, 0.6) is 0 Å². The molecule has 3 rings (SSSR count). The molecular weight excluding hydrogens is 344 g/mol. The standard InChI is InChI=1S/C19H26N6O2/c1-5-14-11-17(26)22-19(20-14)25-16(9-12(2)23-25)21-18(27)13-7-6-8-15(10-13)24(3)4/h6-10,14,19-20H,5,11H2,1-4H3,(H,21,27)(H,22,26). The monoisotopic (exact) mass is 370 g/mol. The van der Waals surface area contributed by atoms with Crippen LogP contribution in [0.2, 0.25) is 0 Å². The number of nitrogens with one attached hydrogen (secondary N) is 3. The Morgan fingerprint density at radius 1 is 1.37 bits per heavy atom. The van der Waals surface area contributed by atoms with Gasteiger partial charge >= 0.3 is 0 Å². The molecule has 1 aliphatic heterocycles. The number of nitrogens with zero attached hydrogens (tertiary/aromatic N) is 3. The van der Waals surface area contributed by atoms with Crippen LogP contribution >= 0.6 is 0 Å². The summed E-state index contributed by atoms with van der Waals surface area (Å²) < 4.78 is 1.61. The second kappa shape index (κ2) is 7.79. The molecular formula is C19H26N6O2. The molecule has 3 N–H and O–H groups in total. The highest BCUT2D eigenvalue weighted by Gasteiger charge is 2.28. The number of hydrogen-bond acceptors (Lipinski definition) is 5. The molecule has 2 aromatic rings. The number of rotatable bonds is 5. The van der Waals surface area contributed by atoms with Gasteiger partial charge in [-0.15, -0.1) is 0 Å². The number of hydrogen-bond donors (Lipinski definition) is 3. The first-order valence-electron chi connectivity index (χ1n) is 9.07. The molecule has 2 atom stereocenters. The molecule has 1 aromatic heterocycles. The minimum atomic E-state index is -0.492. The Hall–Kier alpha value is -2.87. The summed E-state index contributed by atoms with van der Waals surface area (Å²) in [5.74, 6) is 0.269. The highest BCUT2D eigenvalue weighted by Crippen LogP contribution is 2.20. The highest BCUT2D eigenvalue weighted by molar-refractivity contribution is 6.04. The molecule has 144 valence electrons. The van der Waals surface area contributed by atoms with Gasteiger partial charge in [0, 0.05) is 43.9 Å². The van der Waals surface area contributed by atoms with Gasteiger partial charge in [0.15, 0.2) is 6.29 Å². The zero-order valence-electron chi connectivity index (χ0n) is 16.1. The van der Waals surface area contributed by atoms with Crippen molar-refractivity contribution in [2.45, 2.75) is 39.0 Å². The third kappa shape index (κ3) is 4.28. The Morgan fingerprint density at radius 3 is 2.85 bits per heavy atom. The van der Waals surface area contributed by atoms with E-state index in [1.54, 1.807) is 16.8 Å². The van der Waals surface area contributed by atoms with Crippen molar-refractivity contribution in [3.8, 4) is 0 Å². The van der Waals surface area contributed by atoms with Crippen LogP contribution in [-0.4, -0.2) is 41.7 Å². The van der Waals surface area contributed by atoms with Gasteiger partial charge in [-0.2, -0.15) is 5.10 Å². The van der Waals surface area contributed by atoms with Crippen LogP contribution in [0.4, 0.5) is 11.5 Å². The Morgan fingerprint density at radius 2 is 2.15 bits per heavy atom. The maximum atomic E-state index is 12.7. The minimum absolute atomic E-state index is 0.0327. The molecule has 27 heavy (non-hydrogen) atoms. The second-order valence-corrected chi connectivity index (χ2v) is 6.96. The van der Waals surface area contributed by atoms with Gasteiger partial charge in [0.2, 0.25) is 5.91 Å². The minimum Gasteiger partial charge on any atom is -0.378 e. The molecule has 2 amide bonds. The maximum absolute atomic E-state index is 12.7. The van der Waals surface area contributed by atoms with E-state index in [4.69, 9.17) is 0 Å². The average molecular weight is 370 g/mol. The van der Waals surface area contributed by atoms with E-state index < -0.39 is 6.29 Å². The predicted molar refractivity (Wildman–Crippen MR) is 105 cm³/mol. The van der Waals surface area contributed by atoms with E-state index in [0.29, 0.717) is 17.8 Å². The van der Waals surface area contributed by atoms with Crippen LogP contribution in [0.25, 0.3) is 0 Å². The molecule has 1 fully saturated rings. The van der Waals surface area contributed by atoms with Crippen molar-refractivity contribution < 1.29 is 9.59 Å². The SMILES string of the molecule is CCC1CC(=O)NC(n2nc(C)cc2NC(=O)c2cccc(N(C)C)c2)N1. The van der Waals surface area contributed by atoms with Gasteiger partial charge in [0.1, 0.15) is 5.82 Å². The average Bonchev–Trinajstić information content (AvgIpc) is 3.01. The number of aromatic nitrogens is 2. The summed E-state index contributed by atoms with van der Waals surface area (Å²) >= 11 is 0. The van der Waals surface area contributed by atoms with Crippen LogP contribution < -0.4 is 20.9 Å². The molecule has 0 radical (unpaired) electrons. The highest BCUT2D eigenvalue weighted by atomic mass is 16.2. The Balaban J connectivity index is 1.83. The number of anilines is 2. The van der Waals surface area contributed by atoms with Gasteiger partial charge in [0.25, 0.3) is 5.91 Å². The van der Waals surface area contributed by atoms with Crippen LogP contribution in [0.15, 0.2) is 30.3 Å². The molecule has 0 saturated carbocycles. The summed E-state index contributed by atoms with van der Waals surface area (Å²) in [5, 5.41) is 13.6. The van der Waals surface area contributed by atoms with E-state index in [2.05, 4.69) is 21.0 Å². The molecule has 2 unspecified atom stereocenters. The van der Waals surface area contributed by atoms with Crippen molar-refractivity contribution in [1.82, 2.24) is 20.4 Å². The molecule has 8 heteroatoms. The number of amides is 2. The lowest BCUT2D eigenvalue weighted by atomic mass is 10.1. The molecule has 0 bridgehead atoms. The fourth-order valence-corrected chi connectivity index (χ4v) is 3.07. The van der Waals surface area contributed by atoms with Gasteiger partial charge in [-0.3, -0.25) is 14.9 Å². The lowest BCUT2D eigenvalue weighted by molar-refractivity contribution is -0.125. The molecule has 0 aliphatic carbocycles. The fraction of sp³-hybridized carbons (Fsp3) is 0.421. The normalized spacial score (nSPS) is 19.5. The van der Waals surface area contributed by atoms with E-state index in [1.165, 1.54) is 0 Å². The number of aryl methyl sites for hydroxylation is 1. The van der Waals surface area contributed by atoms with Crippen LogP contribution in [-0.2, 0) is 4.79 Å². The lowest BCUT2D eigenvalue weighted by Gasteiger charge is -2.31. The van der Waals surface area contributed by atoms with E-state index in [9.17, 15) is 9.59 Å². The second-order valence-electron chi connectivity index (χ2n) is 6.96. The lowest BCUT2D eigenvalue weighted by Crippen LogP contribution is -2.53. The smallest absolute Gasteiger partial charge is 0.256 e. The number of benzene rings is 1. The van der Waals surface area contributed by atoms with Gasteiger partial charge in [0.05, 0.1) is 5.69 Å². The molecule has 1 aliphatic rings. The predicted octanol–water partition coefficient (Wildman–Crippen LogP) is 1.85. The van der Waals surface area contributed by atoms with Crippen molar-refractivity contribution in [3.63, 3.8) is 0 Å². The summed E-state index contributed by atoms with van der Waals surface area (Å²) in [5.41, 5.74) is 2.25. The van der Waals surface area contributed by atoms with Crippen molar-refractivity contribution in [2.24, 2.45) is 0 Å².